The molecule has 4 nitrogen and oxygen atoms in total. The largest absolute Gasteiger partial charge is 1.00 e. The zero-order valence-corrected chi connectivity index (χ0v) is 20.8. The van der Waals surface area contributed by atoms with Crippen LogP contribution in [0.5, 0.6) is 0 Å². The summed E-state index contributed by atoms with van der Waals surface area (Å²) >= 11 is 0. The molecule has 0 radical (unpaired) electrons. The first-order valence-corrected chi connectivity index (χ1v) is 11.5. The van der Waals surface area contributed by atoms with Crippen molar-refractivity contribution in [3.8, 4) is 0 Å². The molecular weight excluding hydrogens is 363 g/mol. The van der Waals surface area contributed by atoms with Crippen molar-refractivity contribution >= 4 is 10.1 Å². The first kappa shape index (κ1) is 28.7. The topological polar surface area (TPSA) is 77.4 Å². The van der Waals surface area contributed by atoms with Gasteiger partial charge >= 0.3 is 51.4 Å². The Morgan fingerprint density at radius 1 is 0.680 bits per heavy atom. The molecule has 146 valence electrons. The van der Waals surface area contributed by atoms with E-state index in [4.69, 9.17) is 0 Å². The molecule has 0 aliphatic heterocycles. The standard InChI is InChI=1S/C19H40O4S.K/c1-3-5-7-9-10-11-12-14-16-18-19(20,24(21,22)23)17-15-13-8-6-4-2;/h20H,3-18H2,1-2H3,(H,21,22,23);/q;+1/p-1. The Morgan fingerprint density at radius 2 is 0.960 bits per heavy atom. The van der Waals surface area contributed by atoms with Gasteiger partial charge in [0.1, 0.15) is 10.1 Å². The number of hydrogen-bond acceptors (Lipinski definition) is 4. The molecule has 1 atom stereocenters. The molecule has 0 saturated heterocycles. The Kier molecular flexibility index (Phi) is 20.2. The summed E-state index contributed by atoms with van der Waals surface area (Å²) in [5.74, 6) is 0. The Bertz CT molecular complexity index is 387. The summed E-state index contributed by atoms with van der Waals surface area (Å²) in [6.07, 6.45) is 15.0. The molecule has 0 heterocycles. The van der Waals surface area contributed by atoms with Crippen LogP contribution in [0.15, 0.2) is 0 Å². The van der Waals surface area contributed by atoms with Gasteiger partial charge in [-0.05, 0) is 25.7 Å². The average Bonchev–Trinajstić information content (AvgIpc) is 2.52. The molecule has 0 spiro atoms. The molecular formula is C19H39KO4S. The second kappa shape index (κ2) is 17.6. The Balaban J connectivity index is 0. The van der Waals surface area contributed by atoms with E-state index in [1.807, 2.05) is 0 Å². The minimum absolute atomic E-state index is 0. The SMILES string of the molecule is CCCCCCCCCCCC(O)(CCCCCCC)S(=O)(=O)[O-].[K+]. The third-order valence-corrected chi connectivity index (χ3v) is 6.15. The normalized spacial score (nSPS) is 14.1. The predicted molar refractivity (Wildman–Crippen MR) is 99.9 cm³/mol. The van der Waals surface area contributed by atoms with Crippen LogP contribution in [0.1, 0.15) is 117 Å². The predicted octanol–water partition coefficient (Wildman–Crippen LogP) is 2.51. The van der Waals surface area contributed by atoms with Crippen molar-refractivity contribution in [1.82, 2.24) is 0 Å². The molecule has 1 N–H and O–H groups in total. The van der Waals surface area contributed by atoms with Crippen molar-refractivity contribution in [2.24, 2.45) is 0 Å². The van der Waals surface area contributed by atoms with Gasteiger partial charge in [-0.2, -0.15) is 0 Å². The summed E-state index contributed by atoms with van der Waals surface area (Å²) in [6, 6.07) is 0. The maximum atomic E-state index is 11.4. The molecule has 1 unspecified atom stereocenters. The van der Waals surface area contributed by atoms with Gasteiger partial charge < -0.3 is 9.66 Å². The molecule has 6 heteroatoms. The second-order valence-corrected chi connectivity index (χ2v) is 8.81. The van der Waals surface area contributed by atoms with Gasteiger partial charge in [0.15, 0.2) is 4.93 Å². The van der Waals surface area contributed by atoms with Crippen molar-refractivity contribution in [2.45, 2.75) is 122 Å². The molecule has 0 amide bonds. The number of hydrogen-bond donors (Lipinski definition) is 1. The van der Waals surface area contributed by atoms with Crippen LogP contribution in [0.2, 0.25) is 0 Å². The number of aliphatic hydroxyl groups is 1. The van der Waals surface area contributed by atoms with Gasteiger partial charge in [-0.25, -0.2) is 8.42 Å². The molecule has 0 aromatic rings. The van der Waals surface area contributed by atoms with Crippen LogP contribution >= 0.6 is 0 Å². The van der Waals surface area contributed by atoms with Gasteiger partial charge in [0, 0.05) is 0 Å². The fourth-order valence-corrected chi connectivity index (χ4v) is 3.88. The summed E-state index contributed by atoms with van der Waals surface area (Å²) in [7, 11) is -4.66. The van der Waals surface area contributed by atoms with Gasteiger partial charge in [0.25, 0.3) is 0 Å². The molecule has 0 rings (SSSR count). The van der Waals surface area contributed by atoms with E-state index in [9.17, 15) is 18.1 Å². The summed E-state index contributed by atoms with van der Waals surface area (Å²) in [5.41, 5.74) is 0. The minimum atomic E-state index is -4.66. The summed E-state index contributed by atoms with van der Waals surface area (Å²) < 4.78 is 34.3. The summed E-state index contributed by atoms with van der Waals surface area (Å²) in [4.78, 5) is -2.06. The number of unbranched alkanes of at least 4 members (excludes halogenated alkanes) is 12. The maximum Gasteiger partial charge on any atom is 1.00 e. The Morgan fingerprint density at radius 3 is 1.24 bits per heavy atom. The molecule has 0 aromatic carbocycles. The fourth-order valence-electron chi connectivity index (χ4n) is 3.09. The third kappa shape index (κ3) is 15.1. The van der Waals surface area contributed by atoms with Crippen molar-refractivity contribution in [2.75, 3.05) is 0 Å². The van der Waals surface area contributed by atoms with Gasteiger partial charge in [-0.15, -0.1) is 0 Å². The molecule has 0 fully saturated rings. The Labute approximate surface area is 199 Å². The van der Waals surface area contributed by atoms with E-state index < -0.39 is 15.1 Å². The minimum Gasteiger partial charge on any atom is -0.746 e. The monoisotopic (exact) mass is 402 g/mol. The molecule has 0 aliphatic carbocycles. The molecule has 25 heavy (non-hydrogen) atoms. The van der Waals surface area contributed by atoms with Gasteiger partial charge in [-0.3, -0.25) is 0 Å². The van der Waals surface area contributed by atoms with Crippen molar-refractivity contribution in [3.63, 3.8) is 0 Å². The fraction of sp³-hybridized carbons (Fsp3) is 1.00. The van der Waals surface area contributed by atoms with Crippen LogP contribution in [0.4, 0.5) is 0 Å². The van der Waals surface area contributed by atoms with E-state index in [-0.39, 0.29) is 64.2 Å². The van der Waals surface area contributed by atoms with Crippen molar-refractivity contribution in [1.29, 1.82) is 0 Å². The summed E-state index contributed by atoms with van der Waals surface area (Å²) in [6.45, 7) is 4.32. The quantitative estimate of drug-likeness (QED) is 0.230. The van der Waals surface area contributed by atoms with E-state index in [0.29, 0.717) is 12.8 Å². The van der Waals surface area contributed by atoms with E-state index in [2.05, 4.69) is 13.8 Å². The molecule has 0 bridgehead atoms. The first-order valence-electron chi connectivity index (χ1n) is 10.0. The van der Waals surface area contributed by atoms with Crippen LogP contribution in [-0.4, -0.2) is 23.0 Å². The van der Waals surface area contributed by atoms with Crippen LogP contribution < -0.4 is 51.4 Å². The third-order valence-electron chi connectivity index (χ3n) is 4.81. The van der Waals surface area contributed by atoms with Crippen molar-refractivity contribution < 1.29 is 69.5 Å². The molecule has 0 saturated carbocycles. The number of rotatable bonds is 17. The van der Waals surface area contributed by atoms with E-state index in [0.717, 1.165) is 44.9 Å². The van der Waals surface area contributed by atoms with Gasteiger partial charge in [0.2, 0.25) is 0 Å². The van der Waals surface area contributed by atoms with Gasteiger partial charge in [0.05, 0.1) is 0 Å². The summed E-state index contributed by atoms with van der Waals surface area (Å²) in [5, 5.41) is 10.3. The van der Waals surface area contributed by atoms with Crippen LogP contribution in [-0.2, 0) is 10.1 Å². The average molecular weight is 403 g/mol. The van der Waals surface area contributed by atoms with E-state index >= 15 is 0 Å². The van der Waals surface area contributed by atoms with E-state index in [1.165, 1.54) is 32.1 Å². The van der Waals surface area contributed by atoms with Crippen LogP contribution in [0.3, 0.4) is 0 Å². The Hall–Kier alpha value is 1.51. The molecule has 0 aromatic heterocycles. The maximum absolute atomic E-state index is 11.4. The smallest absolute Gasteiger partial charge is 0.746 e. The zero-order chi connectivity index (χ0) is 18.3. The van der Waals surface area contributed by atoms with Gasteiger partial charge in [-0.1, -0.05) is 90.9 Å². The van der Waals surface area contributed by atoms with Crippen LogP contribution in [0, 0.1) is 0 Å². The van der Waals surface area contributed by atoms with Crippen molar-refractivity contribution in [3.05, 3.63) is 0 Å². The van der Waals surface area contributed by atoms with Crippen LogP contribution in [0.25, 0.3) is 0 Å². The second-order valence-electron chi connectivity index (χ2n) is 7.14. The molecule has 0 aliphatic rings. The zero-order valence-electron chi connectivity index (χ0n) is 16.9. The van der Waals surface area contributed by atoms with E-state index in [1.54, 1.807) is 0 Å². The first-order chi connectivity index (χ1) is 11.4.